The van der Waals surface area contributed by atoms with E-state index in [1.54, 1.807) is 24.3 Å². The van der Waals surface area contributed by atoms with E-state index in [-0.39, 0.29) is 12.4 Å². The lowest BCUT2D eigenvalue weighted by Crippen LogP contribution is -2.16. The maximum Gasteiger partial charge on any atom is 0.254 e. The first-order chi connectivity index (χ1) is 13.9. The highest BCUT2D eigenvalue weighted by molar-refractivity contribution is 9.10. The van der Waals surface area contributed by atoms with Gasteiger partial charge >= 0.3 is 0 Å². The van der Waals surface area contributed by atoms with Crippen LogP contribution >= 0.6 is 27.5 Å². The quantitative estimate of drug-likeness (QED) is 0.443. The largest absolute Gasteiger partial charge is 0.490 e. The molecule has 0 aliphatic rings. The Balaban J connectivity index is 1.60. The minimum Gasteiger partial charge on any atom is -0.490 e. The van der Waals surface area contributed by atoms with E-state index in [0.717, 1.165) is 17.7 Å². The van der Waals surface area contributed by atoms with Crippen LogP contribution in [-0.2, 0) is 0 Å². The van der Waals surface area contributed by atoms with Crippen LogP contribution in [0, 0.1) is 11.6 Å². The lowest BCUT2D eigenvalue weighted by molar-refractivity contribution is 0.0991. The molecule has 0 radical (unpaired) electrons. The molecule has 1 amide bonds. The van der Waals surface area contributed by atoms with Gasteiger partial charge in [-0.2, -0.15) is 0 Å². The highest BCUT2D eigenvalue weighted by Gasteiger charge is 2.19. The van der Waals surface area contributed by atoms with Gasteiger partial charge in [0.1, 0.15) is 17.1 Å². The van der Waals surface area contributed by atoms with Gasteiger partial charge in [0.15, 0.2) is 16.2 Å². The standard InChI is InChI=1S/C20H14BrClF2N2O3/c21-19-18(11-4-6-12(22)7-5-11)26-15(29-19)3-1-2-10-28-14-9-8-13(23)16(17(14)24)20(25)27/h1,3-9H,2,10H2,(H2,25,27). The SMILES string of the molecule is NC(=O)c1c(F)ccc(OCCC=Cc2nc(-c3ccc(Cl)cc3)c(Br)o2)c1F. The summed E-state index contributed by atoms with van der Waals surface area (Å²) in [7, 11) is 0. The molecule has 5 nitrogen and oxygen atoms in total. The summed E-state index contributed by atoms with van der Waals surface area (Å²) in [6.07, 6.45) is 3.75. The molecule has 1 heterocycles. The fourth-order valence-corrected chi connectivity index (χ4v) is 3.08. The van der Waals surface area contributed by atoms with Crippen molar-refractivity contribution in [1.29, 1.82) is 0 Å². The molecule has 3 rings (SSSR count). The first-order valence-electron chi connectivity index (χ1n) is 8.36. The minimum atomic E-state index is -1.20. The average Bonchev–Trinajstić information content (AvgIpc) is 3.04. The predicted molar refractivity (Wildman–Crippen MR) is 109 cm³/mol. The van der Waals surface area contributed by atoms with Crippen LogP contribution < -0.4 is 10.5 Å². The van der Waals surface area contributed by atoms with E-state index in [9.17, 15) is 13.6 Å². The maximum atomic E-state index is 14.1. The molecule has 0 unspecified atom stereocenters. The molecule has 0 atom stereocenters. The summed E-state index contributed by atoms with van der Waals surface area (Å²) in [6.45, 7) is 0.0865. The maximum absolute atomic E-state index is 14.1. The van der Waals surface area contributed by atoms with Crippen molar-refractivity contribution in [2.45, 2.75) is 6.42 Å². The van der Waals surface area contributed by atoms with Crippen molar-refractivity contribution in [3.63, 3.8) is 0 Å². The summed E-state index contributed by atoms with van der Waals surface area (Å²) in [5.41, 5.74) is 5.62. The van der Waals surface area contributed by atoms with Gasteiger partial charge in [-0.15, -0.1) is 0 Å². The molecular formula is C20H14BrClF2N2O3. The third-order valence-electron chi connectivity index (χ3n) is 3.82. The number of nitrogens with zero attached hydrogens (tertiary/aromatic N) is 1. The summed E-state index contributed by atoms with van der Waals surface area (Å²) >= 11 is 9.21. The van der Waals surface area contributed by atoms with Crippen LogP contribution in [-0.4, -0.2) is 17.5 Å². The Hall–Kier alpha value is -2.71. The third kappa shape index (κ3) is 5.02. The molecule has 0 spiro atoms. The molecule has 0 saturated carbocycles. The fourth-order valence-electron chi connectivity index (χ4n) is 2.47. The molecule has 0 aliphatic heterocycles. The second kappa shape index (κ2) is 9.19. The van der Waals surface area contributed by atoms with E-state index < -0.39 is 23.1 Å². The van der Waals surface area contributed by atoms with E-state index in [1.165, 1.54) is 0 Å². The Kier molecular flexibility index (Phi) is 6.66. The smallest absolute Gasteiger partial charge is 0.254 e. The van der Waals surface area contributed by atoms with Gasteiger partial charge in [-0.3, -0.25) is 4.79 Å². The van der Waals surface area contributed by atoms with Crippen LogP contribution in [0.15, 0.2) is 51.6 Å². The van der Waals surface area contributed by atoms with Gasteiger partial charge in [0.2, 0.25) is 5.89 Å². The normalized spacial score (nSPS) is 11.2. The number of hydrogen-bond acceptors (Lipinski definition) is 4. The average molecular weight is 484 g/mol. The molecule has 0 fully saturated rings. The molecule has 1 aromatic heterocycles. The summed E-state index contributed by atoms with van der Waals surface area (Å²) in [6, 6.07) is 9.18. The number of amides is 1. The van der Waals surface area contributed by atoms with Crippen LogP contribution in [0.3, 0.4) is 0 Å². The van der Waals surface area contributed by atoms with Gasteiger partial charge in [-0.05, 0) is 52.7 Å². The van der Waals surface area contributed by atoms with Gasteiger partial charge in [-0.25, -0.2) is 13.8 Å². The number of nitrogens with two attached hydrogens (primary N) is 1. The summed E-state index contributed by atoms with van der Waals surface area (Å²) in [5, 5.41) is 0.619. The zero-order chi connectivity index (χ0) is 21.0. The van der Waals surface area contributed by atoms with Gasteiger partial charge in [0.25, 0.3) is 5.91 Å². The van der Waals surface area contributed by atoms with Gasteiger partial charge in [-0.1, -0.05) is 29.8 Å². The Bertz CT molecular complexity index is 1070. The number of ether oxygens (including phenoxy) is 1. The van der Waals surface area contributed by atoms with Gasteiger partial charge in [0.05, 0.1) is 6.61 Å². The van der Waals surface area contributed by atoms with Crippen LogP contribution in [0.25, 0.3) is 17.3 Å². The number of halogens is 4. The number of benzene rings is 2. The lowest BCUT2D eigenvalue weighted by Gasteiger charge is -2.08. The number of primary amides is 1. The molecule has 150 valence electrons. The van der Waals surface area contributed by atoms with E-state index in [0.29, 0.717) is 27.7 Å². The van der Waals surface area contributed by atoms with Crippen molar-refractivity contribution in [3.8, 4) is 17.0 Å². The number of aromatic nitrogens is 1. The van der Waals surface area contributed by atoms with E-state index >= 15 is 0 Å². The van der Waals surface area contributed by atoms with Crippen molar-refractivity contribution < 1.29 is 22.7 Å². The van der Waals surface area contributed by atoms with Crippen LogP contribution in [0.1, 0.15) is 22.7 Å². The minimum absolute atomic E-state index is 0.0865. The third-order valence-corrected chi connectivity index (χ3v) is 4.61. The molecule has 0 aliphatic carbocycles. The number of carbonyl (C=O) groups is 1. The molecule has 0 saturated heterocycles. The lowest BCUT2D eigenvalue weighted by atomic mass is 10.1. The second-order valence-electron chi connectivity index (χ2n) is 5.82. The van der Waals surface area contributed by atoms with Crippen molar-refractivity contribution >= 4 is 39.5 Å². The predicted octanol–water partition coefficient (Wildman–Crippen LogP) is 5.62. The Morgan fingerprint density at radius 1 is 1.24 bits per heavy atom. The Labute approximate surface area is 178 Å². The van der Waals surface area contributed by atoms with Crippen molar-refractivity contribution in [2.24, 2.45) is 5.73 Å². The first-order valence-corrected chi connectivity index (χ1v) is 9.53. The molecule has 2 aromatic carbocycles. The summed E-state index contributed by atoms with van der Waals surface area (Å²) in [4.78, 5) is 15.5. The number of rotatable bonds is 7. The number of carbonyl (C=O) groups excluding carboxylic acids is 1. The van der Waals surface area contributed by atoms with Gasteiger partial charge < -0.3 is 14.9 Å². The first kappa shape index (κ1) is 21.0. The molecule has 29 heavy (non-hydrogen) atoms. The topological polar surface area (TPSA) is 78.4 Å². The van der Waals surface area contributed by atoms with E-state index in [2.05, 4.69) is 20.9 Å². The van der Waals surface area contributed by atoms with Gasteiger partial charge in [0, 0.05) is 10.6 Å². The fraction of sp³-hybridized carbons (Fsp3) is 0.100. The van der Waals surface area contributed by atoms with Crippen molar-refractivity contribution in [2.75, 3.05) is 6.61 Å². The molecule has 0 bridgehead atoms. The molecule has 3 aromatic rings. The number of hydrogen-bond donors (Lipinski definition) is 1. The highest BCUT2D eigenvalue weighted by Crippen LogP contribution is 2.30. The van der Waals surface area contributed by atoms with Crippen LogP contribution in [0.4, 0.5) is 8.78 Å². The van der Waals surface area contributed by atoms with Crippen molar-refractivity contribution in [1.82, 2.24) is 4.98 Å². The summed E-state index contributed by atoms with van der Waals surface area (Å²) in [5.74, 6) is -3.24. The van der Waals surface area contributed by atoms with E-state index in [4.69, 9.17) is 26.5 Å². The highest BCUT2D eigenvalue weighted by atomic mass is 79.9. The summed E-state index contributed by atoms with van der Waals surface area (Å²) < 4.78 is 38.8. The van der Waals surface area contributed by atoms with Crippen LogP contribution in [0.2, 0.25) is 5.02 Å². The molecule has 2 N–H and O–H groups in total. The second-order valence-corrected chi connectivity index (χ2v) is 6.98. The monoisotopic (exact) mass is 482 g/mol. The Morgan fingerprint density at radius 3 is 2.66 bits per heavy atom. The zero-order valence-electron chi connectivity index (χ0n) is 14.8. The molecular weight excluding hydrogens is 470 g/mol. The Morgan fingerprint density at radius 2 is 1.97 bits per heavy atom. The van der Waals surface area contributed by atoms with Crippen LogP contribution in [0.5, 0.6) is 5.75 Å². The number of oxazole rings is 1. The molecule has 9 heteroatoms. The van der Waals surface area contributed by atoms with E-state index in [1.807, 2.05) is 12.1 Å². The van der Waals surface area contributed by atoms with Crippen molar-refractivity contribution in [3.05, 3.63) is 75.3 Å². The zero-order valence-corrected chi connectivity index (χ0v) is 17.1.